The summed E-state index contributed by atoms with van der Waals surface area (Å²) in [7, 11) is 0. The molecule has 1 aromatic heterocycles. The molecule has 0 saturated carbocycles. The lowest BCUT2D eigenvalue weighted by Gasteiger charge is -2.30. The Labute approximate surface area is 177 Å². The Morgan fingerprint density at radius 1 is 1.03 bits per heavy atom. The third-order valence-corrected chi connectivity index (χ3v) is 5.08. The first-order chi connectivity index (χ1) is 15.1. The fourth-order valence-corrected chi connectivity index (χ4v) is 3.63. The van der Waals surface area contributed by atoms with Gasteiger partial charge in [0.05, 0.1) is 5.69 Å². The van der Waals surface area contributed by atoms with E-state index in [1.807, 2.05) is 10.3 Å². The van der Waals surface area contributed by atoms with Crippen LogP contribution in [0.2, 0.25) is 0 Å². The first-order valence-electron chi connectivity index (χ1n) is 9.29. The van der Waals surface area contributed by atoms with E-state index in [1.165, 1.54) is 42.5 Å². The monoisotopic (exact) mass is 444 g/mol. The number of rotatable bonds is 3. The summed E-state index contributed by atoms with van der Waals surface area (Å²) < 4.78 is 43.9. The molecule has 2 aromatic carbocycles. The molecule has 0 saturated heterocycles. The molecular weight excluding hydrogens is 429 g/mol. The topological polar surface area (TPSA) is 113 Å². The number of hydrogen-bond acceptors (Lipinski definition) is 4. The Kier molecular flexibility index (Phi) is 4.76. The normalized spacial score (nSPS) is 17.6. The predicted molar refractivity (Wildman–Crippen MR) is 108 cm³/mol. The summed E-state index contributed by atoms with van der Waals surface area (Å²) in [6.45, 7) is 1.64. The van der Waals surface area contributed by atoms with E-state index in [-0.39, 0.29) is 11.3 Å². The van der Waals surface area contributed by atoms with Crippen molar-refractivity contribution in [3.8, 4) is 5.69 Å². The zero-order valence-electron chi connectivity index (χ0n) is 16.4. The molecular formula is C21H15F3N4O4. The zero-order chi connectivity index (χ0) is 23.3. The van der Waals surface area contributed by atoms with Crippen LogP contribution in [-0.2, 0) is 10.3 Å². The van der Waals surface area contributed by atoms with Crippen molar-refractivity contribution in [2.75, 3.05) is 5.32 Å². The van der Waals surface area contributed by atoms with Crippen LogP contribution in [0.25, 0.3) is 5.69 Å². The van der Waals surface area contributed by atoms with Crippen molar-refractivity contribution in [1.82, 2.24) is 14.9 Å². The van der Waals surface area contributed by atoms with Gasteiger partial charge in [0, 0.05) is 5.56 Å². The van der Waals surface area contributed by atoms with Gasteiger partial charge in [-0.25, -0.2) is 9.36 Å². The number of aryl methyl sites for hydroxylation is 1. The van der Waals surface area contributed by atoms with Crippen molar-refractivity contribution in [2.45, 2.75) is 18.6 Å². The number of hydrogen-bond donors (Lipinski definition) is 3. The smallest absolute Gasteiger partial charge is 0.326 e. The molecule has 32 heavy (non-hydrogen) atoms. The largest absolute Gasteiger partial charge is 0.425 e. The van der Waals surface area contributed by atoms with Crippen LogP contribution < -0.4 is 21.9 Å². The summed E-state index contributed by atoms with van der Waals surface area (Å²) in [5.41, 5.74) is -6.76. The summed E-state index contributed by atoms with van der Waals surface area (Å²) in [5.74, 6) is -3.59. The lowest BCUT2D eigenvalue weighted by molar-refractivity contribution is -0.196. The Bertz CT molecular complexity index is 1360. The second-order valence-electron chi connectivity index (χ2n) is 7.18. The van der Waals surface area contributed by atoms with Crippen molar-refractivity contribution >= 4 is 17.6 Å². The summed E-state index contributed by atoms with van der Waals surface area (Å²) in [6.07, 6.45) is -5.41. The minimum Gasteiger partial charge on any atom is -0.326 e. The van der Waals surface area contributed by atoms with Crippen LogP contribution in [0.3, 0.4) is 0 Å². The summed E-state index contributed by atoms with van der Waals surface area (Å²) in [6, 6.07) is 13.2. The molecule has 3 N–H and O–H groups in total. The van der Waals surface area contributed by atoms with Crippen molar-refractivity contribution in [1.29, 1.82) is 0 Å². The van der Waals surface area contributed by atoms with Gasteiger partial charge in [0.1, 0.15) is 11.4 Å². The van der Waals surface area contributed by atoms with Gasteiger partial charge in [-0.1, -0.05) is 35.9 Å². The molecule has 2 amide bonds. The van der Waals surface area contributed by atoms with Gasteiger partial charge >= 0.3 is 11.9 Å². The van der Waals surface area contributed by atoms with Gasteiger partial charge < -0.3 is 10.6 Å². The number of aromatic nitrogens is 2. The Morgan fingerprint density at radius 2 is 1.72 bits per heavy atom. The molecule has 11 heteroatoms. The van der Waals surface area contributed by atoms with Gasteiger partial charge in [0.25, 0.3) is 22.9 Å². The maximum atomic E-state index is 14.4. The van der Waals surface area contributed by atoms with E-state index < -0.39 is 46.2 Å². The first kappa shape index (κ1) is 21.1. The number of amides is 2. The predicted octanol–water partition coefficient (Wildman–Crippen LogP) is 1.97. The third kappa shape index (κ3) is 3.09. The SMILES string of the molecule is Cc1cccc(C(=O)N[C@]2(C(F)(F)F)C(=O)Nc3c2c(=O)[nH]c(=O)n3-c2ccccc2)c1. The highest BCUT2D eigenvalue weighted by Gasteiger charge is 2.68. The number of benzene rings is 2. The molecule has 8 nitrogen and oxygen atoms in total. The van der Waals surface area contributed by atoms with Gasteiger partial charge in [-0.2, -0.15) is 13.2 Å². The zero-order valence-corrected chi connectivity index (χ0v) is 16.4. The van der Waals surface area contributed by atoms with Crippen LogP contribution in [0, 0.1) is 6.92 Å². The Hall–Kier alpha value is -4.15. The lowest BCUT2D eigenvalue weighted by atomic mass is 9.91. The minimum atomic E-state index is -5.41. The number of carbonyl (C=O) groups excluding carboxylic acids is 2. The van der Waals surface area contributed by atoms with Crippen LogP contribution in [0.5, 0.6) is 0 Å². The molecule has 4 rings (SSSR count). The fourth-order valence-electron chi connectivity index (χ4n) is 3.63. The standard InChI is InChI=1S/C21H15F3N4O4/c1-11-6-5-7-12(10-11)16(29)27-20(21(22,23)24)14-15(25-18(20)31)28(19(32)26-17(14)30)13-8-3-2-4-9-13/h2-10H,1H3,(H,25,31)(H,27,29)(H,26,30,32)/t20-/m0/s1. The molecule has 0 spiro atoms. The van der Waals surface area contributed by atoms with Crippen LogP contribution in [0.15, 0.2) is 64.2 Å². The highest BCUT2D eigenvalue weighted by molar-refractivity contribution is 6.09. The maximum absolute atomic E-state index is 14.4. The number of halogens is 3. The van der Waals surface area contributed by atoms with E-state index >= 15 is 0 Å². The number of H-pyrrole nitrogens is 1. The second kappa shape index (κ2) is 7.22. The number of anilines is 1. The average Bonchev–Trinajstić information content (AvgIpc) is 3.02. The quantitative estimate of drug-likeness (QED) is 0.573. The highest BCUT2D eigenvalue weighted by atomic mass is 19.4. The van der Waals surface area contributed by atoms with E-state index in [0.717, 1.165) is 4.57 Å². The molecule has 0 radical (unpaired) electrons. The number of fused-ring (bicyclic) bond motifs is 1. The molecule has 1 aliphatic rings. The first-order valence-corrected chi connectivity index (χ1v) is 9.29. The average molecular weight is 444 g/mol. The van der Waals surface area contributed by atoms with E-state index in [4.69, 9.17) is 0 Å². The van der Waals surface area contributed by atoms with Crippen molar-refractivity contribution in [2.24, 2.45) is 0 Å². The van der Waals surface area contributed by atoms with Crippen LogP contribution in [0.4, 0.5) is 19.0 Å². The van der Waals surface area contributed by atoms with Crippen LogP contribution >= 0.6 is 0 Å². The summed E-state index contributed by atoms with van der Waals surface area (Å²) >= 11 is 0. The Morgan fingerprint density at radius 3 is 2.34 bits per heavy atom. The molecule has 2 heterocycles. The van der Waals surface area contributed by atoms with Crippen LogP contribution in [-0.4, -0.2) is 27.5 Å². The molecule has 164 valence electrons. The fraction of sp³-hybridized carbons (Fsp3) is 0.143. The molecule has 0 bridgehead atoms. The van der Waals surface area contributed by atoms with E-state index in [0.29, 0.717) is 5.56 Å². The lowest BCUT2D eigenvalue weighted by Crippen LogP contribution is -2.62. The van der Waals surface area contributed by atoms with Gasteiger partial charge in [-0.05, 0) is 31.2 Å². The summed E-state index contributed by atoms with van der Waals surface area (Å²) in [5, 5.41) is 3.69. The number of nitrogens with one attached hydrogen (secondary N) is 3. The Balaban J connectivity index is 1.98. The second-order valence-corrected chi connectivity index (χ2v) is 7.18. The van der Waals surface area contributed by atoms with Crippen molar-refractivity contribution < 1.29 is 22.8 Å². The van der Waals surface area contributed by atoms with Gasteiger partial charge in [0.2, 0.25) is 0 Å². The van der Waals surface area contributed by atoms with Crippen LogP contribution in [0.1, 0.15) is 21.5 Å². The van der Waals surface area contributed by atoms with E-state index in [1.54, 1.807) is 24.4 Å². The van der Waals surface area contributed by atoms with Gasteiger partial charge in [0.15, 0.2) is 0 Å². The van der Waals surface area contributed by atoms with Crippen molar-refractivity contribution in [3.63, 3.8) is 0 Å². The molecule has 1 atom stereocenters. The van der Waals surface area contributed by atoms with E-state index in [9.17, 15) is 32.3 Å². The number of carbonyl (C=O) groups is 2. The van der Waals surface area contributed by atoms with E-state index in [2.05, 4.69) is 0 Å². The number of alkyl halides is 3. The van der Waals surface area contributed by atoms with Gasteiger partial charge in [-0.3, -0.25) is 19.4 Å². The molecule has 0 fully saturated rings. The van der Waals surface area contributed by atoms with Crippen molar-refractivity contribution in [3.05, 3.63) is 92.1 Å². The maximum Gasteiger partial charge on any atom is 0.425 e. The number of para-hydroxylation sites is 1. The minimum absolute atomic E-state index is 0.105. The molecule has 3 aromatic rings. The number of aromatic amines is 1. The number of nitrogens with zero attached hydrogens (tertiary/aromatic N) is 1. The molecule has 1 aliphatic heterocycles. The van der Waals surface area contributed by atoms with Gasteiger partial charge in [-0.15, -0.1) is 0 Å². The third-order valence-electron chi connectivity index (χ3n) is 5.08. The summed E-state index contributed by atoms with van der Waals surface area (Å²) in [4.78, 5) is 52.3. The molecule has 0 unspecified atom stereocenters. The highest BCUT2D eigenvalue weighted by Crippen LogP contribution is 2.45. The molecule has 0 aliphatic carbocycles.